The van der Waals surface area contributed by atoms with E-state index in [0.717, 1.165) is 34.0 Å². The Labute approximate surface area is 135 Å². The SMILES string of the molecule is ClCC1(CNc2ccnc3cc(Cl)ccc23)CCCCC1. The Hall–Kier alpha value is -0.990. The van der Waals surface area contributed by atoms with Gasteiger partial charge in [0.25, 0.3) is 0 Å². The minimum Gasteiger partial charge on any atom is -0.384 e. The number of fused-ring (bicyclic) bond motifs is 1. The summed E-state index contributed by atoms with van der Waals surface area (Å²) in [7, 11) is 0. The average molecular weight is 323 g/mol. The number of hydrogen-bond donors (Lipinski definition) is 1. The van der Waals surface area contributed by atoms with Crippen LogP contribution in [0.15, 0.2) is 30.5 Å². The summed E-state index contributed by atoms with van der Waals surface area (Å²) >= 11 is 12.3. The third kappa shape index (κ3) is 3.27. The number of anilines is 1. The first-order valence-corrected chi connectivity index (χ1v) is 8.48. The molecule has 1 saturated carbocycles. The molecule has 1 aromatic carbocycles. The predicted molar refractivity (Wildman–Crippen MR) is 91.5 cm³/mol. The fourth-order valence-electron chi connectivity index (χ4n) is 3.22. The highest BCUT2D eigenvalue weighted by atomic mass is 35.5. The lowest BCUT2D eigenvalue weighted by atomic mass is 9.75. The van der Waals surface area contributed by atoms with Crippen LogP contribution < -0.4 is 5.32 Å². The maximum atomic E-state index is 6.27. The first-order valence-electron chi connectivity index (χ1n) is 7.57. The molecule has 4 heteroatoms. The Bertz CT molecular complexity index is 621. The van der Waals surface area contributed by atoms with E-state index < -0.39 is 0 Å². The van der Waals surface area contributed by atoms with Gasteiger partial charge in [-0.25, -0.2) is 0 Å². The van der Waals surface area contributed by atoms with Crippen LogP contribution in [-0.4, -0.2) is 17.4 Å². The zero-order valence-electron chi connectivity index (χ0n) is 12.0. The van der Waals surface area contributed by atoms with Crippen molar-refractivity contribution in [3.8, 4) is 0 Å². The Balaban J connectivity index is 1.81. The summed E-state index contributed by atoms with van der Waals surface area (Å²) in [6, 6.07) is 7.87. The van der Waals surface area contributed by atoms with Crippen LogP contribution in [-0.2, 0) is 0 Å². The largest absolute Gasteiger partial charge is 0.384 e. The standard InChI is InChI=1S/C17H20Cl2N2/c18-11-17(7-2-1-3-8-17)12-21-15-6-9-20-16-10-13(19)4-5-14(15)16/h4-6,9-10H,1-3,7-8,11-12H2,(H,20,21). The highest BCUT2D eigenvalue weighted by molar-refractivity contribution is 6.31. The molecule has 1 aromatic heterocycles. The molecule has 2 nitrogen and oxygen atoms in total. The summed E-state index contributed by atoms with van der Waals surface area (Å²) in [5.41, 5.74) is 2.28. The lowest BCUT2D eigenvalue weighted by Crippen LogP contribution is -2.33. The number of nitrogens with one attached hydrogen (secondary N) is 1. The topological polar surface area (TPSA) is 24.9 Å². The van der Waals surface area contributed by atoms with Crippen LogP contribution >= 0.6 is 23.2 Å². The molecule has 1 fully saturated rings. The Kier molecular flexibility index (Phi) is 4.56. The third-order valence-corrected chi connectivity index (χ3v) is 5.36. The predicted octanol–water partition coefficient (Wildman–Crippen LogP) is 5.49. The van der Waals surface area contributed by atoms with Gasteiger partial charge in [-0.2, -0.15) is 0 Å². The van der Waals surface area contributed by atoms with Gasteiger partial charge in [0.1, 0.15) is 0 Å². The second-order valence-corrected chi connectivity index (χ2v) is 6.77. The Morgan fingerprint density at radius 1 is 1.14 bits per heavy atom. The first-order chi connectivity index (χ1) is 10.2. The molecule has 1 aliphatic carbocycles. The van der Waals surface area contributed by atoms with Crippen LogP contribution in [0.25, 0.3) is 10.9 Å². The molecule has 3 rings (SSSR count). The van der Waals surface area contributed by atoms with Crippen molar-refractivity contribution < 1.29 is 0 Å². The molecule has 2 aromatic rings. The van der Waals surface area contributed by atoms with Crippen LogP contribution in [0.3, 0.4) is 0 Å². The number of aromatic nitrogens is 1. The van der Waals surface area contributed by atoms with Crippen LogP contribution in [0.1, 0.15) is 32.1 Å². The van der Waals surface area contributed by atoms with Gasteiger partial charge in [0.05, 0.1) is 5.52 Å². The van der Waals surface area contributed by atoms with E-state index in [1.54, 1.807) is 0 Å². The lowest BCUT2D eigenvalue weighted by molar-refractivity contribution is 0.238. The first kappa shape index (κ1) is 14.9. The van der Waals surface area contributed by atoms with Gasteiger partial charge in [-0.3, -0.25) is 4.98 Å². The van der Waals surface area contributed by atoms with Gasteiger partial charge in [-0.15, -0.1) is 11.6 Å². The van der Waals surface area contributed by atoms with Crippen molar-refractivity contribution in [2.75, 3.05) is 17.7 Å². The van der Waals surface area contributed by atoms with E-state index in [2.05, 4.69) is 10.3 Å². The minimum absolute atomic E-state index is 0.238. The van der Waals surface area contributed by atoms with E-state index in [9.17, 15) is 0 Å². The zero-order valence-corrected chi connectivity index (χ0v) is 13.6. The molecule has 1 aliphatic rings. The van der Waals surface area contributed by atoms with Crippen LogP contribution in [0.5, 0.6) is 0 Å². The molecule has 0 saturated heterocycles. The maximum Gasteiger partial charge on any atom is 0.0737 e. The van der Waals surface area contributed by atoms with Crippen molar-refractivity contribution in [1.82, 2.24) is 4.98 Å². The molecular formula is C17H20Cl2N2. The van der Waals surface area contributed by atoms with Gasteiger partial charge in [0.2, 0.25) is 0 Å². The van der Waals surface area contributed by atoms with Crippen molar-refractivity contribution in [1.29, 1.82) is 0 Å². The average Bonchev–Trinajstić information content (AvgIpc) is 2.53. The second-order valence-electron chi connectivity index (χ2n) is 6.07. The van der Waals surface area contributed by atoms with Crippen molar-refractivity contribution in [2.45, 2.75) is 32.1 Å². The smallest absolute Gasteiger partial charge is 0.0737 e. The summed E-state index contributed by atoms with van der Waals surface area (Å²) in [4.78, 5) is 4.38. The number of pyridine rings is 1. The lowest BCUT2D eigenvalue weighted by Gasteiger charge is -2.36. The normalized spacial score (nSPS) is 17.8. The summed E-state index contributed by atoms with van der Waals surface area (Å²) in [5.74, 6) is 0.731. The van der Waals surface area contributed by atoms with Gasteiger partial charge < -0.3 is 5.32 Å². The van der Waals surface area contributed by atoms with Crippen LogP contribution in [0, 0.1) is 5.41 Å². The molecule has 0 spiro atoms. The van der Waals surface area contributed by atoms with Crippen molar-refractivity contribution in [3.05, 3.63) is 35.5 Å². The van der Waals surface area contributed by atoms with Crippen molar-refractivity contribution in [2.24, 2.45) is 5.41 Å². The van der Waals surface area contributed by atoms with E-state index in [1.165, 1.54) is 32.1 Å². The van der Waals surface area contributed by atoms with Crippen LogP contribution in [0.4, 0.5) is 5.69 Å². The summed E-state index contributed by atoms with van der Waals surface area (Å²) in [6.45, 7) is 0.929. The molecule has 0 bridgehead atoms. The molecule has 112 valence electrons. The summed E-state index contributed by atoms with van der Waals surface area (Å²) < 4.78 is 0. The van der Waals surface area contributed by atoms with Gasteiger partial charge in [0, 0.05) is 40.1 Å². The number of hydrogen-bond acceptors (Lipinski definition) is 2. The molecule has 0 unspecified atom stereocenters. The van der Waals surface area contributed by atoms with Crippen molar-refractivity contribution >= 4 is 39.8 Å². The molecule has 1 heterocycles. The fraction of sp³-hybridized carbons (Fsp3) is 0.471. The molecule has 0 amide bonds. The third-order valence-electron chi connectivity index (χ3n) is 4.56. The van der Waals surface area contributed by atoms with Crippen molar-refractivity contribution in [3.63, 3.8) is 0 Å². The molecule has 0 radical (unpaired) electrons. The molecule has 0 aliphatic heterocycles. The molecule has 0 atom stereocenters. The highest BCUT2D eigenvalue weighted by Crippen LogP contribution is 2.38. The molecule has 1 N–H and O–H groups in total. The summed E-state index contributed by atoms with van der Waals surface area (Å²) in [5, 5.41) is 5.43. The summed E-state index contributed by atoms with van der Waals surface area (Å²) in [6.07, 6.45) is 8.20. The number of benzene rings is 1. The maximum absolute atomic E-state index is 6.27. The fourth-order valence-corrected chi connectivity index (χ4v) is 3.75. The molecule has 21 heavy (non-hydrogen) atoms. The van der Waals surface area contributed by atoms with Gasteiger partial charge in [0.15, 0.2) is 0 Å². The van der Waals surface area contributed by atoms with E-state index in [1.807, 2.05) is 30.5 Å². The van der Waals surface area contributed by atoms with E-state index in [-0.39, 0.29) is 5.41 Å². The van der Waals surface area contributed by atoms with Gasteiger partial charge in [-0.05, 0) is 37.1 Å². The monoisotopic (exact) mass is 322 g/mol. The number of halogens is 2. The molecular weight excluding hydrogens is 303 g/mol. The highest BCUT2D eigenvalue weighted by Gasteiger charge is 2.31. The van der Waals surface area contributed by atoms with E-state index in [4.69, 9.17) is 23.2 Å². The van der Waals surface area contributed by atoms with Gasteiger partial charge >= 0.3 is 0 Å². The van der Waals surface area contributed by atoms with Crippen LogP contribution in [0.2, 0.25) is 5.02 Å². The quantitative estimate of drug-likeness (QED) is 0.753. The Morgan fingerprint density at radius 2 is 1.95 bits per heavy atom. The minimum atomic E-state index is 0.238. The zero-order chi connectivity index (χ0) is 14.7. The van der Waals surface area contributed by atoms with E-state index >= 15 is 0 Å². The number of alkyl halides is 1. The number of rotatable bonds is 4. The van der Waals surface area contributed by atoms with Gasteiger partial charge in [-0.1, -0.05) is 30.9 Å². The second kappa shape index (κ2) is 6.41. The number of nitrogens with zero attached hydrogens (tertiary/aromatic N) is 1. The van der Waals surface area contributed by atoms with E-state index in [0.29, 0.717) is 0 Å². The Morgan fingerprint density at radius 3 is 2.71 bits per heavy atom.